The monoisotopic (exact) mass is 524 g/mol. The van der Waals surface area contributed by atoms with Crippen molar-refractivity contribution in [1.82, 2.24) is 15.1 Å². The van der Waals surface area contributed by atoms with Crippen LogP contribution in [-0.2, 0) is 16.1 Å². The first kappa shape index (κ1) is 24.9. The first-order valence-electron chi connectivity index (χ1n) is 13.2. The molecule has 0 spiro atoms. The van der Waals surface area contributed by atoms with Gasteiger partial charge in [0.15, 0.2) is 5.69 Å². The second kappa shape index (κ2) is 10.4. The summed E-state index contributed by atoms with van der Waals surface area (Å²) in [4.78, 5) is 22.8. The molecular formula is C28H30F2N4O4. The Kier molecular flexibility index (Phi) is 6.82. The quantitative estimate of drug-likeness (QED) is 0.378. The van der Waals surface area contributed by atoms with Crippen molar-refractivity contribution in [2.75, 3.05) is 18.6 Å². The summed E-state index contributed by atoms with van der Waals surface area (Å²) >= 11 is 0. The first-order chi connectivity index (χ1) is 18.5. The summed E-state index contributed by atoms with van der Waals surface area (Å²) in [6.45, 7) is 1.05. The fraction of sp³-hybridized carbons (Fsp3) is 0.500. The van der Waals surface area contributed by atoms with E-state index in [0.29, 0.717) is 17.2 Å². The fourth-order valence-corrected chi connectivity index (χ4v) is 5.94. The second-order valence-corrected chi connectivity index (χ2v) is 10.5. The molecule has 0 amide bonds. The van der Waals surface area contributed by atoms with Crippen molar-refractivity contribution >= 4 is 11.8 Å². The van der Waals surface area contributed by atoms with Crippen LogP contribution in [0.25, 0.3) is 11.3 Å². The number of esters is 1. The number of nitrogens with zero attached hydrogens (tertiary/aromatic N) is 4. The Bertz CT molecular complexity index is 1290. The molecule has 3 unspecified atom stereocenters. The molecular weight excluding hydrogens is 494 g/mol. The van der Waals surface area contributed by atoms with E-state index >= 15 is 0 Å². The number of anilines is 1. The summed E-state index contributed by atoms with van der Waals surface area (Å²) in [7, 11) is 1.32. The Labute approximate surface area is 219 Å². The predicted octanol–water partition coefficient (Wildman–Crippen LogP) is 5.43. The van der Waals surface area contributed by atoms with Crippen molar-refractivity contribution in [2.45, 2.75) is 69.6 Å². The molecule has 2 aliphatic carbocycles. The van der Waals surface area contributed by atoms with Crippen molar-refractivity contribution in [3.05, 3.63) is 59.2 Å². The zero-order valence-corrected chi connectivity index (χ0v) is 21.2. The third-order valence-corrected chi connectivity index (χ3v) is 7.95. The summed E-state index contributed by atoms with van der Waals surface area (Å²) in [5.41, 5.74) is 0.847. The Morgan fingerprint density at radius 3 is 2.63 bits per heavy atom. The zero-order valence-electron chi connectivity index (χ0n) is 21.2. The van der Waals surface area contributed by atoms with Crippen molar-refractivity contribution < 1.29 is 27.6 Å². The summed E-state index contributed by atoms with van der Waals surface area (Å²) in [5, 5.41) is 4.09. The lowest BCUT2D eigenvalue weighted by Crippen LogP contribution is -2.42. The predicted molar refractivity (Wildman–Crippen MR) is 133 cm³/mol. The zero-order chi connectivity index (χ0) is 26.2. The van der Waals surface area contributed by atoms with Crippen LogP contribution in [0.3, 0.4) is 0 Å². The Morgan fingerprint density at radius 2 is 1.92 bits per heavy atom. The van der Waals surface area contributed by atoms with E-state index in [9.17, 15) is 13.6 Å². The molecule has 3 aliphatic rings. The average molecular weight is 525 g/mol. The van der Waals surface area contributed by atoms with E-state index in [1.54, 1.807) is 6.20 Å². The highest BCUT2D eigenvalue weighted by Gasteiger charge is 2.37. The van der Waals surface area contributed by atoms with E-state index in [1.165, 1.54) is 31.5 Å². The van der Waals surface area contributed by atoms with Crippen LogP contribution >= 0.6 is 0 Å². The normalized spacial score (nSPS) is 23.2. The maximum Gasteiger partial charge on any atom is 0.358 e. The van der Waals surface area contributed by atoms with E-state index in [-0.39, 0.29) is 41.6 Å². The van der Waals surface area contributed by atoms with Gasteiger partial charge in [-0.15, -0.1) is 0 Å². The molecule has 200 valence electrons. The second-order valence-electron chi connectivity index (χ2n) is 10.5. The van der Waals surface area contributed by atoms with Gasteiger partial charge in [-0.25, -0.2) is 23.5 Å². The first-order valence-corrected chi connectivity index (χ1v) is 13.2. The van der Waals surface area contributed by atoms with Gasteiger partial charge in [-0.1, -0.05) is 11.2 Å². The highest BCUT2D eigenvalue weighted by molar-refractivity contribution is 5.86. The molecule has 3 fully saturated rings. The molecule has 2 saturated carbocycles. The molecule has 1 saturated heterocycles. The van der Waals surface area contributed by atoms with Crippen LogP contribution in [0.2, 0.25) is 0 Å². The van der Waals surface area contributed by atoms with Crippen LogP contribution in [0.15, 0.2) is 35.1 Å². The molecule has 1 aliphatic heterocycles. The molecule has 0 radical (unpaired) electrons. The number of hydrogen-bond donors (Lipinski definition) is 0. The standard InChI is InChI=1S/C28H30F2N4O4/c1-36-28(35)23-13-32-24(14-31-23)34-9-3-4-16-10-18(34)12-19(11-16)37-15-20-26(33-38-27(20)17-7-8-17)25-21(29)5-2-6-22(25)30/h2,5-6,13-14,16-19H,3-4,7-12,15H2,1H3. The number of aromatic nitrogens is 3. The Hall–Kier alpha value is -3.40. The molecule has 0 N–H and O–H groups in total. The van der Waals surface area contributed by atoms with Gasteiger partial charge in [0.1, 0.15) is 28.9 Å². The summed E-state index contributed by atoms with van der Waals surface area (Å²) in [6, 6.07) is 4.02. The number of hydrogen-bond acceptors (Lipinski definition) is 8. The average Bonchev–Trinajstić information content (AvgIpc) is 3.71. The third-order valence-electron chi connectivity index (χ3n) is 7.95. The number of rotatable bonds is 7. The summed E-state index contributed by atoms with van der Waals surface area (Å²) in [5.74, 6) is 0.302. The van der Waals surface area contributed by atoms with E-state index in [2.05, 4.69) is 20.0 Å². The minimum atomic E-state index is -0.666. The minimum absolute atomic E-state index is 0.0260. The third kappa shape index (κ3) is 4.89. The number of ether oxygens (including phenoxy) is 2. The van der Waals surface area contributed by atoms with Gasteiger partial charge in [0, 0.05) is 24.1 Å². The molecule has 2 bridgehead atoms. The number of fused-ring (bicyclic) bond motifs is 2. The van der Waals surface area contributed by atoms with Crippen LogP contribution in [-0.4, -0.2) is 46.9 Å². The maximum atomic E-state index is 14.6. The maximum absolute atomic E-state index is 14.6. The lowest BCUT2D eigenvalue weighted by Gasteiger charge is -2.38. The van der Waals surface area contributed by atoms with Gasteiger partial charge in [0.25, 0.3) is 0 Å². The molecule has 8 nitrogen and oxygen atoms in total. The number of carbonyl (C=O) groups excluding carboxylic acids is 1. The topological polar surface area (TPSA) is 90.6 Å². The van der Waals surface area contributed by atoms with Gasteiger partial charge in [0.2, 0.25) is 0 Å². The SMILES string of the molecule is COC(=O)c1cnc(N2CCCC3CC(OCc4c(-c5c(F)cccc5F)noc4C4CC4)CC2C3)cn1. The van der Waals surface area contributed by atoms with Crippen LogP contribution in [0.4, 0.5) is 14.6 Å². The fourth-order valence-electron chi connectivity index (χ4n) is 5.94. The smallest absolute Gasteiger partial charge is 0.358 e. The van der Waals surface area contributed by atoms with Crippen LogP contribution in [0.1, 0.15) is 72.7 Å². The molecule has 2 aromatic heterocycles. The largest absolute Gasteiger partial charge is 0.464 e. The van der Waals surface area contributed by atoms with Crippen molar-refractivity contribution in [1.29, 1.82) is 0 Å². The number of benzene rings is 1. The molecule has 38 heavy (non-hydrogen) atoms. The van der Waals surface area contributed by atoms with E-state index in [0.717, 1.165) is 57.3 Å². The van der Waals surface area contributed by atoms with Crippen molar-refractivity contribution in [2.24, 2.45) is 5.92 Å². The van der Waals surface area contributed by atoms with Gasteiger partial charge >= 0.3 is 5.97 Å². The van der Waals surface area contributed by atoms with E-state index < -0.39 is 17.6 Å². The van der Waals surface area contributed by atoms with Crippen LogP contribution < -0.4 is 4.90 Å². The van der Waals surface area contributed by atoms with Gasteiger partial charge in [-0.3, -0.25) is 0 Å². The lowest BCUT2D eigenvalue weighted by atomic mass is 9.82. The van der Waals surface area contributed by atoms with E-state index in [4.69, 9.17) is 14.0 Å². The number of carbonyl (C=O) groups is 1. The highest BCUT2D eigenvalue weighted by atomic mass is 19.1. The molecule has 3 heterocycles. The molecule has 3 aromatic rings. The molecule has 3 atom stereocenters. The Morgan fingerprint density at radius 1 is 1.11 bits per heavy atom. The van der Waals surface area contributed by atoms with Gasteiger partial charge in [-0.2, -0.15) is 0 Å². The molecule has 10 heteroatoms. The van der Waals surface area contributed by atoms with Gasteiger partial charge in [0.05, 0.1) is 37.8 Å². The van der Waals surface area contributed by atoms with E-state index in [1.807, 2.05) is 0 Å². The highest BCUT2D eigenvalue weighted by Crippen LogP contribution is 2.45. The summed E-state index contributed by atoms with van der Waals surface area (Å²) in [6.07, 6.45) is 9.89. The van der Waals surface area contributed by atoms with Gasteiger partial charge < -0.3 is 18.9 Å². The lowest BCUT2D eigenvalue weighted by molar-refractivity contribution is -0.00301. The number of methoxy groups -OCH3 is 1. The summed E-state index contributed by atoms with van der Waals surface area (Å²) < 4.78 is 46.1. The van der Waals surface area contributed by atoms with Crippen LogP contribution in [0, 0.1) is 17.6 Å². The van der Waals surface area contributed by atoms with Crippen LogP contribution in [0.5, 0.6) is 0 Å². The van der Waals surface area contributed by atoms with Crippen molar-refractivity contribution in [3.63, 3.8) is 0 Å². The minimum Gasteiger partial charge on any atom is -0.464 e. The Balaban J connectivity index is 1.21. The van der Waals surface area contributed by atoms with Crippen molar-refractivity contribution in [3.8, 4) is 11.3 Å². The van der Waals surface area contributed by atoms with Gasteiger partial charge in [-0.05, 0) is 63.0 Å². The molecule has 1 aromatic carbocycles. The molecule has 6 rings (SSSR count). The number of halogens is 2.